The SMILES string of the molecule is COC[C@@H](O)Cc1cn(-c2cccc(C(=O)N3CC(CCC(=O)O)C3)c2)nn1. The van der Waals surface area contributed by atoms with Crippen molar-refractivity contribution in [3.63, 3.8) is 0 Å². The zero-order valence-electron chi connectivity index (χ0n) is 15.7. The maximum atomic E-state index is 12.6. The molecule has 1 fully saturated rings. The van der Waals surface area contributed by atoms with Crippen LogP contribution in [0, 0.1) is 5.92 Å². The molecule has 9 heteroatoms. The lowest BCUT2D eigenvalue weighted by Gasteiger charge is -2.39. The average molecular weight is 388 g/mol. The molecule has 0 unspecified atom stereocenters. The molecule has 0 saturated carbocycles. The van der Waals surface area contributed by atoms with Crippen LogP contribution in [-0.2, 0) is 16.0 Å². The van der Waals surface area contributed by atoms with Crippen LogP contribution in [0.3, 0.4) is 0 Å². The number of likely N-dealkylation sites (tertiary alicyclic amines) is 1. The number of aromatic nitrogens is 3. The lowest BCUT2D eigenvalue weighted by atomic mass is 9.94. The van der Waals surface area contributed by atoms with Gasteiger partial charge in [-0.25, -0.2) is 4.68 Å². The Kier molecular flexibility index (Phi) is 6.37. The number of carbonyl (C=O) groups excluding carboxylic acids is 1. The third kappa shape index (κ3) is 4.93. The maximum absolute atomic E-state index is 12.6. The number of methoxy groups -OCH3 is 1. The van der Waals surface area contributed by atoms with Crippen molar-refractivity contribution < 1.29 is 24.5 Å². The Morgan fingerprint density at radius 3 is 2.86 bits per heavy atom. The highest BCUT2D eigenvalue weighted by Crippen LogP contribution is 2.23. The van der Waals surface area contributed by atoms with Crippen LogP contribution in [0.5, 0.6) is 0 Å². The molecule has 9 nitrogen and oxygen atoms in total. The molecule has 28 heavy (non-hydrogen) atoms. The molecule has 2 N–H and O–H groups in total. The molecule has 2 heterocycles. The summed E-state index contributed by atoms with van der Waals surface area (Å²) in [6.45, 7) is 1.39. The minimum Gasteiger partial charge on any atom is -0.481 e. The van der Waals surface area contributed by atoms with Gasteiger partial charge in [0, 0.05) is 38.6 Å². The minimum absolute atomic E-state index is 0.0794. The van der Waals surface area contributed by atoms with Crippen molar-refractivity contribution in [3.05, 3.63) is 41.7 Å². The van der Waals surface area contributed by atoms with Crippen molar-refractivity contribution >= 4 is 11.9 Å². The number of carboxylic acid groups (broad SMARTS) is 1. The summed E-state index contributed by atoms with van der Waals surface area (Å²) in [5.74, 6) is -0.636. The van der Waals surface area contributed by atoms with Gasteiger partial charge in [-0.15, -0.1) is 5.10 Å². The highest BCUT2D eigenvalue weighted by atomic mass is 16.5. The number of aliphatic hydroxyl groups excluding tert-OH is 1. The van der Waals surface area contributed by atoms with E-state index in [1.807, 2.05) is 6.07 Å². The summed E-state index contributed by atoms with van der Waals surface area (Å²) in [5.41, 5.74) is 1.88. The second-order valence-corrected chi connectivity index (χ2v) is 7.03. The molecule has 150 valence electrons. The molecule has 1 saturated heterocycles. The summed E-state index contributed by atoms with van der Waals surface area (Å²) in [4.78, 5) is 25.0. The lowest BCUT2D eigenvalue weighted by molar-refractivity contribution is -0.137. The maximum Gasteiger partial charge on any atom is 0.303 e. The average Bonchev–Trinajstić information content (AvgIpc) is 3.08. The summed E-state index contributed by atoms with van der Waals surface area (Å²) >= 11 is 0. The number of aliphatic hydroxyl groups is 1. The van der Waals surface area contributed by atoms with Crippen LogP contribution in [0.2, 0.25) is 0 Å². The summed E-state index contributed by atoms with van der Waals surface area (Å²) in [6, 6.07) is 7.10. The van der Waals surface area contributed by atoms with E-state index < -0.39 is 12.1 Å². The van der Waals surface area contributed by atoms with Gasteiger partial charge in [0.25, 0.3) is 5.91 Å². The fraction of sp³-hybridized carbons (Fsp3) is 0.474. The van der Waals surface area contributed by atoms with Crippen molar-refractivity contribution in [2.75, 3.05) is 26.8 Å². The third-order valence-corrected chi connectivity index (χ3v) is 4.71. The van der Waals surface area contributed by atoms with Crippen molar-refractivity contribution in [3.8, 4) is 5.69 Å². The highest BCUT2D eigenvalue weighted by molar-refractivity contribution is 5.95. The fourth-order valence-electron chi connectivity index (χ4n) is 3.22. The van der Waals surface area contributed by atoms with E-state index in [2.05, 4.69) is 10.3 Å². The first-order valence-corrected chi connectivity index (χ1v) is 9.16. The topological polar surface area (TPSA) is 118 Å². The number of hydrogen-bond donors (Lipinski definition) is 2. The number of benzene rings is 1. The van der Waals surface area contributed by atoms with E-state index >= 15 is 0 Å². The Morgan fingerprint density at radius 2 is 2.14 bits per heavy atom. The van der Waals surface area contributed by atoms with Gasteiger partial charge >= 0.3 is 5.97 Å². The molecule has 1 atom stereocenters. The number of carbonyl (C=O) groups is 2. The number of rotatable bonds is 9. The molecule has 1 aliphatic heterocycles. The molecular weight excluding hydrogens is 364 g/mol. The van der Waals surface area contributed by atoms with Crippen molar-refractivity contribution in [1.82, 2.24) is 19.9 Å². The van der Waals surface area contributed by atoms with Gasteiger partial charge in [-0.3, -0.25) is 9.59 Å². The van der Waals surface area contributed by atoms with Crippen LogP contribution in [0.4, 0.5) is 0 Å². The van der Waals surface area contributed by atoms with E-state index in [1.54, 1.807) is 34.0 Å². The Morgan fingerprint density at radius 1 is 1.36 bits per heavy atom. The molecule has 1 aromatic carbocycles. The molecule has 1 aromatic heterocycles. The van der Waals surface area contributed by atoms with E-state index in [9.17, 15) is 14.7 Å². The van der Waals surface area contributed by atoms with Crippen molar-refractivity contribution in [2.45, 2.75) is 25.4 Å². The van der Waals surface area contributed by atoms with E-state index in [1.165, 1.54) is 7.11 Å². The first-order chi connectivity index (χ1) is 13.5. The van der Waals surface area contributed by atoms with Gasteiger partial charge in [0.05, 0.1) is 30.3 Å². The second-order valence-electron chi connectivity index (χ2n) is 7.03. The van der Waals surface area contributed by atoms with Gasteiger partial charge in [0.1, 0.15) is 0 Å². The monoisotopic (exact) mass is 388 g/mol. The molecular formula is C19H24N4O5. The Bertz CT molecular complexity index is 831. The zero-order chi connectivity index (χ0) is 20.1. The summed E-state index contributed by atoms with van der Waals surface area (Å²) < 4.78 is 6.47. The van der Waals surface area contributed by atoms with Crippen LogP contribution >= 0.6 is 0 Å². The lowest BCUT2D eigenvalue weighted by Crippen LogP contribution is -2.50. The number of carboxylic acids is 1. The van der Waals surface area contributed by atoms with Gasteiger partial charge in [-0.2, -0.15) is 0 Å². The van der Waals surface area contributed by atoms with Gasteiger partial charge in [-0.05, 0) is 30.5 Å². The minimum atomic E-state index is -0.806. The Labute approximate surface area is 162 Å². The second kappa shape index (κ2) is 8.94. The van der Waals surface area contributed by atoms with Gasteiger partial charge in [0.15, 0.2) is 0 Å². The Hall–Kier alpha value is -2.78. The largest absolute Gasteiger partial charge is 0.481 e. The van der Waals surface area contributed by atoms with E-state index in [-0.39, 0.29) is 24.9 Å². The normalized spacial score (nSPS) is 15.3. The van der Waals surface area contributed by atoms with E-state index in [0.29, 0.717) is 42.9 Å². The molecule has 0 spiro atoms. The molecule has 1 amide bonds. The van der Waals surface area contributed by atoms with E-state index in [4.69, 9.17) is 9.84 Å². The van der Waals surface area contributed by atoms with Crippen LogP contribution in [0.25, 0.3) is 5.69 Å². The van der Waals surface area contributed by atoms with E-state index in [0.717, 1.165) is 0 Å². The quantitative estimate of drug-likeness (QED) is 0.651. The van der Waals surface area contributed by atoms with Crippen LogP contribution in [0.1, 0.15) is 28.9 Å². The first kappa shape index (κ1) is 20.0. The molecule has 3 rings (SSSR count). The number of hydrogen-bond acceptors (Lipinski definition) is 6. The zero-order valence-corrected chi connectivity index (χ0v) is 15.7. The van der Waals surface area contributed by atoms with Gasteiger partial charge in [-0.1, -0.05) is 11.3 Å². The van der Waals surface area contributed by atoms with Crippen LogP contribution in [-0.4, -0.2) is 74.9 Å². The highest BCUT2D eigenvalue weighted by Gasteiger charge is 2.31. The predicted molar refractivity (Wildman–Crippen MR) is 99.2 cm³/mol. The molecule has 0 radical (unpaired) electrons. The number of ether oxygens (including phenoxy) is 1. The van der Waals surface area contributed by atoms with Crippen LogP contribution in [0.15, 0.2) is 30.5 Å². The Balaban J connectivity index is 1.61. The number of amides is 1. The number of nitrogens with zero attached hydrogens (tertiary/aromatic N) is 4. The van der Waals surface area contributed by atoms with Crippen molar-refractivity contribution in [2.24, 2.45) is 5.92 Å². The molecule has 0 aliphatic carbocycles. The third-order valence-electron chi connectivity index (χ3n) is 4.71. The van der Waals surface area contributed by atoms with Crippen LogP contribution < -0.4 is 0 Å². The summed E-state index contributed by atoms with van der Waals surface area (Å²) in [7, 11) is 1.52. The summed E-state index contributed by atoms with van der Waals surface area (Å²) in [6.07, 6.45) is 2.13. The summed E-state index contributed by atoms with van der Waals surface area (Å²) in [5, 5.41) is 26.7. The molecule has 0 bridgehead atoms. The first-order valence-electron chi connectivity index (χ1n) is 9.16. The molecule has 2 aromatic rings. The fourth-order valence-corrected chi connectivity index (χ4v) is 3.22. The number of aliphatic carboxylic acids is 1. The van der Waals surface area contributed by atoms with Crippen molar-refractivity contribution in [1.29, 1.82) is 0 Å². The predicted octanol–water partition coefficient (Wildman–Crippen LogP) is 0.754. The standard InChI is InChI=1S/C19H24N4O5/c1-28-12-17(24)8-15-11-23(21-20-15)16-4-2-3-14(7-16)19(27)22-9-13(10-22)5-6-18(25)26/h2-4,7,11,13,17,24H,5-6,8-10,12H2,1H3,(H,25,26)/t17-/m0/s1. The van der Waals surface area contributed by atoms with Gasteiger partial charge < -0.3 is 19.8 Å². The molecule has 1 aliphatic rings. The smallest absolute Gasteiger partial charge is 0.303 e. The van der Waals surface area contributed by atoms with Gasteiger partial charge in [0.2, 0.25) is 0 Å².